The van der Waals surface area contributed by atoms with Crippen molar-refractivity contribution >= 4 is 27.1 Å². The van der Waals surface area contributed by atoms with Crippen LogP contribution in [0.15, 0.2) is 78.1 Å². The molecule has 0 unspecified atom stereocenters. The van der Waals surface area contributed by atoms with Crippen LogP contribution in [-0.2, 0) is 10.0 Å². The van der Waals surface area contributed by atoms with E-state index in [1.54, 1.807) is 12.4 Å². The van der Waals surface area contributed by atoms with E-state index in [0.29, 0.717) is 30.5 Å². The standard InChI is InChI=1S/C25H20F2N4O4S/c1-34-25-21(30-36(32,33)24-5-3-18(26)14-20(24)27)12-17(15-29-25)16-2-4-23-22(13-16)31(10-11-35-23)19-6-8-28-9-7-19/h2-9,12-15,30H,10-11H2,1H3. The summed E-state index contributed by atoms with van der Waals surface area (Å²) in [5, 5.41) is 0. The second kappa shape index (κ2) is 9.42. The largest absolute Gasteiger partial charge is 0.490 e. The zero-order valence-corrected chi connectivity index (χ0v) is 19.8. The number of nitrogens with zero attached hydrogens (tertiary/aromatic N) is 3. The van der Waals surface area contributed by atoms with E-state index in [0.717, 1.165) is 29.1 Å². The lowest BCUT2D eigenvalue weighted by molar-refractivity contribution is 0.314. The zero-order valence-electron chi connectivity index (χ0n) is 19.0. The highest BCUT2D eigenvalue weighted by Crippen LogP contribution is 2.40. The molecular formula is C25H20F2N4O4S. The molecule has 0 bridgehead atoms. The molecule has 1 aliphatic heterocycles. The first-order valence-corrected chi connectivity index (χ1v) is 12.3. The van der Waals surface area contributed by atoms with Gasteiger partial charge in [0.15, 0.2) is 0 Å². The summed E-state index contributed by atoms with van der Waals surface area (Å²) >= 11 is 0. The number of pyridine rings is 2. The first kappa shape index (κ1) is 23.5. The average Bonchev–Trinajstić information content (AvgIpc) is 2.88. The number of fused-ring (bicyclic) bond motifs is 1. The number of sulfonamides is 1. The lowest BCUT2D eigenvalue weighted by atomic mass is 10.0. The predicted molar refractivity (Wildman–Crippen MR) is 130 cm³/mol. The van der Waals surface area contributed by atoms with Crippen LogP contribution >= 0.6 is 0 Å². The van der Waals surface area contributed by atoms with Crippen molar-refractivity contribution in [1.29, 1.82) is 0 Å². The predicted octanol–water partition coefficient (Wildman–Crippen LogP) is 4.76. The number of aromatic nitrogens is 2. The number of anilines is 3. The van der Waals surface area contributed by atoms with Gasteiger partial charge in [0.1, 0.15) is 34.6 Å². The first-order chi connectivity index (χ1) is 17.4. The van der Waals surface area contributed by atoms with Gasteiger partial charge >= 0.3 is 0 Å². The second-order valence-corrected chi connectivity index (χ2v) is 9.50. The van der Waals surface area contributed by atoms with Crippen LogP contribution in [0.1, 0.15) is 0 Å². The van der Waals surface area contributed by atoms with Crippen LogP contribution in [0.2, 0.25) is 0 Å². The Balaban J connectivity index is 1.53. The number of halogens is 2. The minimum atomic E-state index is -4.40. The molecule has 3 heterocycles. The number of ether oxygens (including phenoxy) is 2. The molecular weight excluding hydrogens is 490 g/mol. The molecule has 2 aromatic heterocycles. The first-order valence-electron chi connectivity index (χ1n) is 10.8. The molecule has 0 saturated heterocycles. The van der Waals surface area contributed by atoms with Crippen molar-refractivity contribution in [3.63, 3.8) is 0 Å². The molecule has 0 amide bonds. The van der Waals surface area contributed by atoms with E-state index in [4.69, 9.17) is 9.47 Å². The lowest BCUT2D eigenvalue weighted by Crippen LogP contribution is -2.28. The Morgan fingerprint density at radius 3 is 2.58 bits per heavy atom. The molecule has 1 N–H and O–H groups in total. The normalized spacial score (nSPS) is 13.0. The second-order valence-electron chi connectivity index (χ2n) is 7.85. The van der Waals surface area contributed by atoms with Crippen molar-refractivity contribution in [3.05, 3.63) is 84.8 Å². The van der Waals surface area contributed by atoms with Gasteiger partial charge in [-0.15, -0.1) is 0 Å². The van der Waals surface area contributed by atoms with Crippen LogP contribution in [-0.4, -0.2) is 38.6 Å². The van der Waals surface area contributed by atoms with Crippen molar-refractivity contribution in [2.75, 3.05) is 29.9 Å². The maximum atomic E-state index is 14.2. The number of methoxy groups -OCH3 is 1. The summed E-state index contributed by atoms with van der Waals surface area (Å²) in [6.45, 7) is 1.15. The summed E-state index contributed by atoms with van der Waals surface area (Å²) in [6, 6.07) is 13.1. The van der Waals surface area contributed by atoms with Crippen molar-refractivity contribution in [1.82, 2.24) is 9.97 Å². The van der Waals surface area contributed by atoms with Crippen LogP contribution in [0.25, 0.3) is 11.1 Å². The summed E-state index contributed by atoms with van der Waals surface area (Å²) < 4.78 is 66.5. The molecule has 2 aromatic carbocycles. The van der Waals surface area contributed by atoms with Crippen molar-refractivity contribution in [2.24, 2.45) is 0 Å². The van der Waals surface area contributed by atoms with Crippen LogP contribution in [0, 0.1) is 11.6 Å². The highest BCUT2D eigenvalue weighted by Gasteiger charge is 2.23. The van der Waals surface area contributed by atoms with Gasteiger partial charge in [0.05, 0.1) is 19.3 Å². The number of benzene rings is 2. The van der Waals surface area contributed by atoms with E-state index in [1.807, 2.05) is 30.3 Å². The summed E-state index contributed by atoms with van der Waals surface area (Å²) in [5.41, 5.74) is 3.10. The molecule has 8 nitrogen and oxygen atoms in total. The van der Waals surface area contributed by atoms with E-state index in [1.165, 1.54) is 19.4 Å². The lowest BCUT2D eigenvalue weighted by Gasteiger charge is -2.31. The maximum Gasteiger partial charge on any atom is 0.264 e. The van der Waals surface area contributed by atoms with Crippen LogP contribution in [0.3, 0.4) is 0 Å². The third-order valence-corrected chi connectivity index (χ3v) is 7.00. The third-order valence-electron chi connectivity index (χ3n) is 5.60. The minimum Gasteiger partial charge on any atom is -0.490 e. The molecule has 0 aliphatic carbocycles. The summed E-state index contributed by atoms with van der Waals surface area (Å²) in [7, 11) is -3.06. The highest BCUT2D eigenvalue weighted by atomic mass is 32.2. The van der Waals surface area contributed by atoms with Gasteiger partial charge in [-0.25, -0.2) is 22.2 Å². The zero-order chi connectivity index (χ0) is 25.3. The smallest absolute Gasteiger partial charge is 0.264 e. The molecule has 36 heavy (non-hydrogen) atoms. The number of nitrogens with one attached hydrogen (secondary N) is 1. The SMILES string of the molecule is COc1ncc(-c2ccc3c(c2)N(c2ccncc2)CCO3)cc1NS(=O)(=O)c1ccc(F)cc1F. The molecule has 5 rings (SSSR count). The van der Waals surface area contributed by atoms with Crippen LogP contribution in [0.5, 0.6) is 11.6 Å². The molecule has 0 spiro atoms. The van der Waals surface area contributed by atoms with E-state index in [-0.39, 0.29) is 11.6 Å². The van der Waals surface area contributed by atoms with Gasteiger partial charge in [-0.2, -0.15) is 0 Å². The Labute approximate surface area is 206 Å². The quantitative estimate of drug-likeness (QED) is 0.400. The van der Waals surface area contributed by atoms with Gasteiger partial charge in [0.2, 0.25) is 5.88 Å². The fraction of sp³-hybridized carbons (Fsp3) is 0.120. The average molecular weight is 511 g/mol. The van der Waals surface area contributed by atoms with Crippen molar-refractivity contribution in [2.45, 2.75) is 4.90 Å². The summed E-state index contributed by atoms with van der Waals surface area (Å²) in [4.78, 5) is 9.69. The molecule has 0 atom stereocenters. The van der Waals surface area contributed by atoms with E-state index in [2.05, 4.69) is 19.6 Å². The van der Waals surface area contributed by atoms with Crippen LogP contribution in [0.4, 0.5) is 25.8 Å². The molecule has 11 heteroatoms. The van der Waals surface area contributed by atoms with Gasteiger partial charge in [-0.1, -0.05) is 6.07 Å². The molecule has 0 saturated carbocycles. The fourth-order valence-corrected chi connectivity index (χ4v) is 5.04. The highest BCUT2D eigenvalue weighted by molar-refractivity contribution is 7.92. The van der Waals surface area contributed by atoms with Gasteiger partial charge in [0.25, 0.3) is 10.0 Å². The number of rotatable bonds is 6. The molecule has 1 aliphatic rings. The number of hydrogen-bond acceptors (Lipinski definition) is 7. The fourth-order valence-electron chi connectivity index (χ4n) is 3.93. The van der Waals surface area contributed by atoms with E-state index >= 15 is 0 Å². The monoisotopic (exact) mass is 510 g/mol. The molecule has 184 valence electrons. The van der Waals surface area contributed by atoms with Crippen LogP contribution < -0.4 is 19.1 Å². The number of hydrogen-bond donors (Lipinski definition) is 1. The topological polar surface area (TPSA) is 93.7 Å². The van der Waals surface area contributed by atoms with E-state index < -0.39 is 26.6 Å². The Hall–Kier alpha value is -4.25. The van der Waals surface area contributed by atoms with Gasteiger partial charge in [-0.3, -0.25) is 9.71 Å². The van der Waals surface area contributed by atoms with Gasteiger partial charge < -0.3 is 14.4 Å². The van der Waals surface area contributed by atoms with Crippen molar-refractivity contribution in [3.8, 4) is 22.8 Å². The summed E-state index contributed by atoms with van der Waals surface area (Å²) in [6.07, 6.45) is 4.96. The molecule has 0 radical (unpaired) electrons. The molecule has 4 aromatic rings. The van der Waals surface area contributed by atoms with Gasteiger partial charge in [-0.05, 0) is 48.0 Å². The van der Waals surface area contributed by atoms with Gasteiger partial charge in [0, 0.05) is 35.9 Å². The molecule has 0 fully saturated rings. The Morgan fingerprint density at radius 1 is 1.03 bits per heavy atom. The Morgan fingerprint density at radius 2 is 1.83 bits per heavy atom. The minimum absolute atomic E-state index is 0.00122. The Kier molecular flexibility index (Phi) is 6.15. The summed E-state index contributed by atoms with van der Waals surface area (Å²) in [5.74, 6) is -1.40. The van der Waals surface area contributed by atoms with Crippen molar-refractivity contribution < 1.29 is 26.7 Å². The maximum absolute atomic E-state index is 14.2. The third kappa shape index (κ3) is 4.52. The Bertz CT molecular complexity index is 1530. The van der Waals surface area contributed by atoms with E-state index in [9.17, 15) is 17.2 Å².